The number of halogens is 1. The van der Waals surface area contributed by atoms with E-state index < -0.39 is 16.0 Å². The Balaban J connectivity index is 2.07. The molecule has 2 rings (SSSR count). The van der Waals surface area contributed by atoms with Crippen LogP contribution in [-0.2, 0) is 10.2 Å². The standard InChI is InChI=1S/C13H19FN2O3S/c1-10-6-12(14)8-13(7-10)15-20(18,19)16-4-2-11(9-17)3-5-16/h6-8,11,15,17H,2-5,9H2,1H3. The molecule has 0 radical (unpaired) electrons. The Morgan fingerprint density at radius 3 is 2.55 bits per heavy atom. The summed E-state index contributed by atoms with van der Waals surface area (Å²) in [5.41, 5.74) is 0.883. The Morgan fingerprint density at radius 2 is 2.00 bits per heavy atom. The molecule has 1 aromatic carbocycles. The summed E-state index contributed by atoms with van der Waals surface area (Å²) in [5.74, 6) is -0.306. The van der Waals surface area contributed by atoms with E-state index >= 15 is 0 Å². The smallest absolute Gasteiger partial charge is 0.301 e. The summed E-state index contributed by atoms with van der Waals surface area (Å²) in [6.45, 7) is 2.53. The first-order chi connectivity index (χ1) is 9.40. The molecule has 0 aromatic heterocycles. The monoisotopic (exact) mass is 302 g/mol. The summed E-state index contributed by atoms with van der Waals surface area (Å²) >= 11 is 0. The van der Waals surface area contributed by atoms with Gasteiger partial charge in [-0.3, -0.25) is 4.72 Å². The quantitative estimate of drug-likeness (QED) is 0.885. The minimum atomic E-state index is -3.67. The topological polar surface area (TPSA) is 69.6 Å². The number of aliphatic hydroxyl groups excluding tert-OH is 1. The number of nitrogens with zero attached hydrogens (tertiary/aromatic N) is 1. The van der Waals surface area contributed by atoms with E-state index in [4.69, 9.17) is 5.11 Å². The van der Waals surface area contributed by atoms with Crippen LogP contribution in [0.3, 0.4) is 0 Å². The zero-order chi connectivity index (χ0) is 14.8. The van der Waals surface area contributed by atoms with Gasteiger partial charge in [-0.05, 0) is 49.4 Å². The number of aryl methyl sites for hydroxylation is 1. The van der Waals surface area contributed by atoms with Crippen LogP contribution in [0.2, 0.25) is 0 Å². The van der Waals surface area contributed by atoms with Crippen LogP contribution in [0.15, 0.2) is 18.2 Å². The number of anilines is 1. The third kappa shape index (κ3) is 3.68. The highest BCUT2D eigenvalue weighted by molar-refractivity contribution is 7.90. The van der Waals surface area contributed by atoms with Gasteiger partial charge in [0.1, 0.15) is 5.82 Å². The average molecular weight is 302 g/mol. The van der Waals surface area contributed by atoms with E-state index in [1.165, 1.54) is 10.4 Å². The summed E-state index contributed by atoms with van der Waals surface area (Å²) in [4.78, 5) is 0. The number of piperidine rings is 1. The van der Waals surface area contributed by atoms with E-state index in [1.807, 2.05) is 0 Å². The summed E-state index contributed by atoms with van der Waals surface area (Å²) in [5, 5.41) is 9.05. The van der Waals surface area contributed by atoms with Crippen molar-refractivity contribution in [1.29, 1.82) is 0 Å². The van der Waals surface area contributed by atoms with Crippen molar-refractivity contribution < 1.29 is 17.9 Å². The van der Waals surface area contributed by atoms with Gasteiger partial charge in [0.15, 0.2) is 0 Å². The van der Waals surface area contributed by atoms with Gasteiger partial charge in [0, 0.05) is 19.7 Å². The van der Waals surface area contributed by atoms with Crippen LogP contribution in [0, 0.1) is 18.7 Å². The molecule has 1 aliphatic heterocycles. The molecule has 1 fully saturated rings. The number of hydrogen-bond acceptors (Lipinski definition) is 3. The highest BCUT2D eigenvalue weighted by Crippen LogP contribution is 2.21. The second kappa shape index (κ2) is 6.07. The molecule has 5 nitrogen and oxygen atoms in total. The second-order valence-electron chi connectivity index (χ2n) is 5.15. The van der Waals surface area contributed by atoms with Gasteiger partial charge in [-0.15, -0.1) is 0 Å². The SMILES string of the molecule is Cc1cc(F)cc(NS(=O)(=O)N2CCC(CO)CC2)c1. The third-order valence-corrected chi connectivity index (χ3v) is 5.00. The van der Waals surface area contributed by atoms with Gasteiger partial charge >= 0.3 is 10.2 Å². The summed E-state index contributed by atoms with van der Waals surface area (Å²) < 4.78 is 41.4. The number of rotatable bonds is 4. The lowest BCUT2D eigenvalue weighted by molar-refractivity contribution is 0.170. The summed E-state index contributed by atoms with van der Waals surface area (Å²) in [6, 6.07) is 4.08. The van der Waals surface area contributed by atoms with Crippen LogP contribution in [0.25, 0.3) is 0 Å². The first-order valence-corrected chi connectivity index (χ1v) is 8.00. The lowest BCUT2D eigenvalue weighted by Crippen LogP contribution is -2.42. The fourth-order valence-electron chi connectivity index (χ4n) is 2.34. The van der Waals surface area contributed by atoms with E-state index in [9.17, 15) is 12.8 Å². The molecular formula is C13H19FN2O3S. The van der Waals surface area contributed by atoms with Gasteiger partial charge in [0.05, 0.1) is 5.69 Å². The zero-order valence-electron chi connectivity index (χ0n) is 11.3. The molecule has 0 saturated carbocycles. The molecule has 0 atom stereocenters. The Bertz CT molecular complexity index is 549. The molecule has 1 aliphatic rings. The molecule has 0 bridgehead atoms. The Kier molecular flexibility index (Phi) is 4.62. The van der Waals surface area contributed by atoms with Crippen molar-refractivity contribution in [3.63, 3.8) is 0 Å². The van der Waals surface area contributed by atoms with Gasteiger partial charge in [-0.1, -0.05) is 0 Å². The van der Waals surface area contributed by atoms with Crippen LogP contribution < -0.4 is 4.72 Å². The minimum Gasteiger partial charge on any atom is -0.396 e. The largest absolute Gasteiger partial charge is 0.396 e. The molecule has 1 saturated heterocycles. The fourth-order valence-corrected chi connectivity index (χ4v) is 3.58. The molecule has 112 valence electrons. The van der Waals surface area contributed by atoms with Crippen LogP contribution >= 0.6 is 0 Å². The molecule has 20 heavy (non-hydrogen) atoms. The fraction of sp³-hybridized carbons (Fsp3) is 0.538. The van der Waals surface area contributed by atoms with Gasteiger partial charge < -0.3 is 5.11 Å². The van der Waals surface area contributed by atoms with Gasteiger partial charge in [-0.2, -0.15) is 12.7 Å². The molecular weight excluding hydrogens is 283 g/mol. The van der Waals surface area contributed by atoms with Gasteiger partial charge in [0.2, 0.25) is 0 Å². The van der Waals surface area contributed by atoms with Crippen LogP contribution in [-0.4, -0.2) is 37.5 Å². The average Bonchev–Trinajstić information content (AvgIpc) is 2.37. The summed E-state index contributed by atoms with van der Waals surface area (Å²) in [6.07, 6.45) is 1.28. The molecule has 1 aromatic rings. The van der Waals surface area contributed by atoms with Crippen LogP contribution in [0.1, 0.15) is 18.4 Å². The third-order valence-electron chi connectivity index (χ3n) is 3.46. The highest BCUT2D eigenvalue weighted by atomic mass is 32.2. The molecule has 7 heteroatoms. The van der Waals surface area contributed by atoms with Crippen molar-refractivity contribution in [3.05, 3.63) is 29.6 Å². The predicted octanol–water partition coefficient (Wildman–Crippen LogP) is 1.50. The predicted molar refractivity (Wildman–Crippen MR) is 75.1 cm³/mol. The Morgan fingerprint density at radius 1 is 1.35 bits per heavy atom. The van der Waals surface area contributed by atoms with Gasteiger partial charge in [0.25, 0.3) is 0 Å². The molecule has 0 spiro atoms. The van der Waals surface area contributed by atoms with Crippen molar-refractivity contribution >= 4 is 15.9 Å². The van der Waals surface area contributed by atoms with E-state index in [0.29, 0.717) is 31.5 Å². The lowest BCUT2D eigenvalue weighted by atomic mass is 10.00. The number of benzene rings is 1. The number of aliphatic hydroxyl groups is 1. The second-order valence-corrected chi connectivity index (χ2v) is 6.82. The molecule has 0 unspecified atom stereocenters. The lowest BCUT2D eigenvalue weighted by Gasteiger charge is -2.30. The minimum absolute atomic E-state index is 0.0877. The number of hydrogen-bond donors (Lipinski definition) is 2. The highest BCUT2D eigenvalue weighted by Gasteiger charge is 2.27. The van der Waals surface area contributed by atoms with Crippen LogP contribution in [0.5, 0.6) is 0 Å². The maximum atomic E-state index is 13.3. The van der Waals surface area contributed by atoms with E-state index in [-0.39, 0.29) is 18.2 Å². The van der Waals surface area contributed by atoms with Crippen molar-refractivity contribution in [1.82, 2.24) is 4.31 Å². The maximum Gasteiger partial charge on any atom is 0.301 e. The normalized spacial score (nSPS) is 18.1. The molecule has 0 amide bonds. The molecule has 2 N–H and O–H groups in total. The van der Waals surface area contributed by atoms with E-state index in [0.717, 1.165) is 6.07 Å². The van der Waals surface area contributed by atoms with Gasteiger partial charge in [-0.25, -0.2) is 4.39 Å². The van der Waals surface area contributed by atoms with Crippen molar-refractivity contribution in [2.45, 2.75) is 19.8 Å². The van der Waals surface area contributed by atoms with Crippen molar-refractivity contribution in [2.24, 2.45) is 5.92 Å². The molecule has 1 heterocycles. The Labute approximate surface area is 118 Å². The first-order valence-electron chi connectivity index (χ1n) is 6.56. The summed E-state index contributed by atoms with van der Waals surface area (Å²) in [7, 11) is -3.67. The number of nitrogens with one attached hydrogen (secondary N) is 1. The molecule has 0 aliphatic carbocycles. The first kappa shape index (κ1) is 15.2. The van der Waals surface area contributed by atoms with Crippen LogP contribution in [0.4, 0.5) is 10.1 Å². The zero-order valence-corrected chi connectivity index (χ0v) is 12.2. The van der Waals surface area contributed by atoms with Crippen molar-refractivity contribution in [2.75, 3.05) is 24.4 Å². The Hall–Kier alpha value is -1.18. The van der Waals surface area contributed by atoms with E-state index in [2.05, 4.69) is 4.72 Å². The van der Waals surface area contributed by atoms with E-state index in [1.54, 1.807) is 13.0 Å². The maximum absolute atomic E-state index is 13.3. The van der Waals surface area contributed by atoms with Crippen molar-refractivity contribution in [3.8, 4) is 0 Å².